The zero-order valence-corrected chi connectivity index (χ0v) is 10.6. The molecule has 0 saturated heterocycles. The first-order chi connectivity index (χ1) is 7.79. The third-order valence-corrected chi connectivity index (χ3v) is 2.83. The summed E-state index contributed by atoms with van der Waals surface area (Å²) in [5.74, 6) is -0.128. The fourth-order valence-corrected chi connectivity index (χ4v) is 2.05. The molecule has 0 spiro atoms. The topological polar surface area (TPSA) is 34.1 Å². The number of hydrogen-bond donors (Lipinski definition) is 0. The van der Waals surface area contributed by atoms with Crippen LogP contribution >= 0.6 is 0 Å². The van der Waals surface area contributed by atoms with E-state index in [-0.39, 0.29) is 28.6 Å². The summed E-state index contributed by atoms with van der Waals surface area (Å²) >= 11 is 0. The van der Waals surface area contributed by atoms with Crippen molar-refractivity contribution in [1.29, 1.82) is 0 Å². The summed E-state index contributed by atoms with van der Waals surface area (Å²) in [5.41, 5.74) is 2.02. The predicted molar refractivity (Wildman–Crippen MR) is 65.5 cm³/mol. The average molecular weight is 287 g/mol. The number of carbonyl (C=O) groups is 2. The van der Waals surface area contributed by atoms with Crippen molar-refractivity contribution in [2.24, 2.45) is 0 Å². The molecule has 2 radical (unpaired) electrons. The predicted octanol–water partition coefficient (Wildman–Crippen LogP) is 2.08. The van der Waals surface area contributed by atoms with Gasteiger partial charge in [-0.2, -0.15) is 0 Å². The van der Waals surface area contributed by atoms with Gasteiger partial charge in [-0.05, 0) is 0 Å². The largest absolute Gasteiger partial charge is 0.289 e. The number of benzene rings is 2. The minimum atomic E-state index is -0.0641. The summed E-state index contributed by atoms with van der Waals surface area (Å²) in [7, 11) is 0. The summed E-state index contributed by atoms with van der Waals surface area (Å²) in [6.45, 7) is 0. The molecule has 17 heavy (non-hydrogen) atoms. The molecule has 0 heterocycles. The normalized spacial score (nSPS) is 12.5. The van der Waals surface area contributed by atoms with Gasteiger partial charge in [-0.15, -0.1) is 0 Å². The maximum Gasteiger partial charge on any atom is 0.194 e. The zero-order valence-electron chi connectivity index (χ0n) is 8.84. The molecular formula is C14H8O2Se. The zero-order chi connectivity index (χ0) is 11.1. The van der Waals surface area contributed by atoms with Gasteiger partial charge >= 0.3 is 0 Å². The van der Waals surface area contributed by atoms with Crippen molar-refractivity contribution in [3.63, 3.8) is 0 Å². The van der Waals surface area contributed by atoms with E-state index in [1.165, 1.54) is 0 Å². The van der Waals surface area contributed by atoms with E-state index in [1.807, 2.05) is 0 Å². The fourth-order valence-electron chi connectivity index (χ4n) is 2.05. The summed E-state index contributed by atoms with van der Waals surface area (Å²) in [6, 6.07) is 13.9. The van der Waals surface area contributed by atoms with Gasteiger partial charge in [0.15, 0.2) is 11.6 Å². The molecule has 3 rings (SSSR count). The standard InChI is InChI=1S/C14H8O2.Se/c15-13-9-5-1-2-6-10(9)14(16)12-8-4-3-7-11(12)13;/h1-8H;. The van der Waals surface area contributed by atoms with Gasteiger partial charge < -0.3 is 0 Å². The van der Waals surface area contributed by atoms with Crippen LogP contribution in [0, 0.1) is 0 Å². The molecule has 0 atom stereocenters. The monoisotopic (exact) mass is 288 g/mol. The Bertz CT molecular complexity index is 512. The van der Waals surface area contributed by atoms with Gasteiger partial charge in [-0.25, -0.2) is 0 Å². The molecule has 0 saturated carbocycles. The first-order valence-electron chi connectivity index (χ1n) is 5.06. The van der Waals surface area contributed by atoms with E-state index in [4.69, 9.17) is 0 Å². The SMILES string of the molecule is O=C1c2ccccc2C(=O)c2ccccc21.[Se]. The van der Waals surface area contributed by atoms with Crippen LogP contribution in [0.2, 0.25) is 0 Å². The molecule has 0 amide bonds. The Balaban J connectivity index is 0.00000108. The Hall–Kier alpha value is -1.70. The first-order valence-corrected chi connectivity index (χ1v) is 5.06. The Morgan fingerprint density at radius 2 is 0.765 bits per heavy atom. The number of fused-ring (bicyclic) bond motifs is 2. The average Bonchev–Trinajstić information content (AvgIpc) is 2.36. The van der Waals surface area contributed by atoms with E-state index >= 15 is 0 Å². The molecule has 2 aromatic carbocycles. The van der Waals surface area contributed by atoms with E-state index in [1.54, 1.807) is 48.5 Å². The van der Waals surface area contributed by atoms with Crippen LogP contribution in [0.3, 0.4) is 0 Å². The van der Waals surface area contributed by atoms with Crippen molar-refractivity contribution in [3.05, 3.63) is 70.8 Å². The Morgan fingerprint density at radius 1 is 0.529 bits per heavy atom. The number of ketones is 2. The van der Waals surface area contributed by atoms with Crippen LogP contribution in [0.5, 0.6) is 0 Å². The molecule has 0 N–H and O–H groups in total. The van der Waals surface area contributed by atoms with Crippen molar-refractivity contribution >= 4 is 28.6 Å². The molecule has 0 fully saturated rings. The minimum Gasteiger partial charge on any atom is -0.289 e. The van der Waals surface area contributed by atoms with Gasteiger partial charge in [0, 0.05) is 39.3 Å². The van der Waals surface area contributed by atoms with Crippen molar-refractivity contribution < 1.29 is 9.59 Å². The van der Waals surface area contributed by atoms with Gasteiger partial charge in [-0.1, -0.05) is 48.5 Å². The second-order valence-electron chi connectivity index (χ2n) is 3.75. The number of hydrogen-bond acceptors (Lipinski definition) is 2. The molecular weight excluding hydrogens is 279 g/mol. The molecule has 0 aliphatic heterocycles. The summed E-state index contributed by atoms with van der Waals surface area (Å²) in [4.78, 5) is 24.2. The van der Waals surface area contributed by atoms with E-state index in [9.17, 15) is 9.59 Å². The maximum atomic E-state index is 12.1. The summed E-state index contributed by atoms with van der Waals surface area (Å²) < 4.78 is 0. The molecule has 0 bridgehead atoms. The second kappa shape index (κ2) is 4.28. The van der Waals surface area contributed by atoms with Crippen LogP contribution in [-0.2, 0) is 0 Å². The summed E-state index contributed by atoms with van der Waals surface area (Å²) in [6.07, 6.45) is 0. The van der Waals surface area contributed by atoms with Crippen LogP contribution in [0.15, 0.2) is 48.5 Å². The van der Waals surface area contributed by atoms with E-state index in [0.717, 1.165) is 0 Å². The Labute approximate surface area is 109 Å². The maximum absolute atomic E-state index is 12.1. The van der Waals surface area contributed by atoms with E-state index < -0.39 is 0 Å². The van der Waals surface area contributed by atoms with Gasteiger partial charge in [-0.3, -0.25) is 9.59 Å². The summed E-state index contributed by atoms with van der Waals surface area (Å²) in [5, 5.41) is 0. The quantitative estimate of drug-likeness (QED) is 0.593. The van der Waals surface area contributed by atoms with Crippen molar-refractivity contribution in [1.82, 2.24) is 0 Å². The van der Waals surface area contributed by atoms with Crippen molar-refractivity contribution in [2.75, 3.05) is 0 Å². The molecule has 2 nitrogen and oxygen atoms in total. The molecule has 82 valence electrons. The van der Waals surface area contributed by atoms with Gasteiger partial charge in [0.1, 0.15) is 0 Å². The molecule has 1 aliphatic rings. The molecule has 0 unspecified atom stereocenters. The smallest absolute Gasteiger partial charge is 0.194 e. The first kappa shape index (κ1) is 11.8. The van der Waals surface area contributed by atoms with Crippen LogP contribution in [0.1, 0.15) is 31.8 Å². The Morgan fingerprint density at radius 3 is 1.00 bits per heavy atom. The second-order valence-corrected chi connectivity index (χ2v) is 3.75. The molecule has 1 aliphatic carbocycles. The van der Waals surface area contributed by atoms with Crippen LogP contribution in [-0.4, -0.2) is 28.6 Å². The number of carbonyl (C=O) groups excluding carboxylic acids is 2. The van der Waals surface area contributed by atoms with E-state index in [2.05, 4.69) is 0 Å². The minimum absolute atomic E-state index is 0. The van der Waals surface area contributed by atoms with Gasteiger partial charge in [0.05, 0.1) is 0 Å². The molecule has 3 heteroatoms. The van der Waals surface area contributed by atoms with Crippen molar-refractivity contribution in [2.45, 2.75) is 0 Å². The van der Waals surface area contributed by atoms with Crippen LogP contribution in [0.4, 0.5) is 0 Å². The van der Waals surface area contributed by atoms with Gasteiger partial charge in [0.2, 0.25) is 0 Å². The van der Waals surface area contributed by atoms with Gasteiger partial charge in [0.25, 0.3) is 0 Å². The molecule has 0 aromatic heterocycles. The third-order valence-electron chi connectivity index (χ3n) is 2.83. The van der Waals surface area contributed by atoms with Crippen molar-refractivity contribution in [3.8, 4) is 0 Å². The molecule has 2 aromatic rings. The third kappa shape index (κ3) is 1.64. The van der Waals surface area contributed by atoms with E-state index in [0.29, 0.717) is 22.3 Å². The van der Waals surface area contributed by atoms with Crippen LogP contribution in [0.25, 0.3) is 0 Å². The fraction of sp³-hybridized carbons (Fsp3) is 0. The number of rotatable bonds is 0. The van der Waals surface area contributed by atoms with Crippen LogP contribution < -0.4 is 0 Å². The Kier molecular flexibility index (Phi) is 2.97.